The first kappa shape index (κ1) is 20.3. The molecule has 0 radical (unpaired) electrons. The van der Waals surface area contributed by atoms with E-state index in [0.717, 1.165) is 28.1 Å². The Labute approximate surface area is 186 Å². The van der Waals surface area contributed by atoms with E-state index in [0.29, 0.717) is 19.8 Å². The molecule has 31 heavy (non-hydrogen) atoms. The molecular weight excluding hydrogens is 406 g/mol. The molecule has 5 heteroatoms. The summed E-state index contributed by atoms with van der Waals surface area (Å²) in [5.41, 5.74) is 3.34. The number of hydrogen-bond acceptors (Lipinski definition) is 5. The molecule has 1 aliphatic rings. The van der Waals surface area contributed by atoms with Crippen molar-refractivity contribution in [3.8, 4) is 0 Å². The molecule has 0 saturated carbocycles. The standard InChI is InChI=1S/C26H25NO3S/c1-3-9-19(10-4-1)16-28-18-24-22(29-17-20-11-5-2-6-12-20)15-23(30-24)26-27-21-13-7-8-14-25(21)31-26/h1-14,22-24H,15-18H2/t22-,23+,24+/m0/s1. The summed E-state index contributed by atoms with van der Waals surface area (Å²) in [6.45, 7) is 1.63. The van der Waals surface area contributed by atoms with Crippen molar-refractivity contribution in [3.05, 3.63) is 101 Å². The van der Waals surface area contributed by atoms with Crippen LogP contribution >= 0.6 is 11.3 Å². The van der Waals surface area contributed by atoms with E-state index in [4.69, 9.17) is 19.2 Å². The van der Waals surface area contributed by atoms with E-state index in [2.05, 4.69) is 30.3 Å². The van der Waals surface area contributed by atoms with Gasteiger partial charge < -0.3 is 14.2 Å². The Morgan fingerprint density at radius 1 is 0.839 bits per heavy atom. The topological polar surface area (TPSA) is 40.6 Å². The van der Waals surface area contributed by atoms with Gasteiger partial charge in [-0.05, 0) is 23.3 Å². The molecule has 1 fully saturated rings. The third-order valence-electron chi connectivity index (χ3n) is 5.49. The van der Waals surface area contributed by atoms with Gasteiger partial charge in [-0.2, -0.15) is 0 Å². The molecule has 0 amide bonds. The van der Waals surface area contributed by atoms with Gasteiger partial charge in [-0.1, -0.05) is 72.8 Å². The lowest BCUT2D eigenvalue weighted by Crippen LogP contribution is -2.29. The fourth-order valence-electron chi connectivity index (χ4n) is 3.87. The molecule has 5 rings (SSSR count). The SMILES string of the molecule is c1ccc(COC[C@H]2O[C@@H](c3nc4ccccc4s3)C[C@@H]2OCc2ccccc2)cc1. The first-order valence-corrected chi connectivity index (χ1v) is 11.4. The summed E-state index contributed by atoms with van der Waals surface area (Å²) < 4.78 is 19.9. The second kappa shape index (κ2) is 9.71. The van der Waals surface area contributed by atoms with Crippen LogP contribution < -0.4 is 0 Å². The molecule has 2 heterocycles. The maximum atomic E-state index is 6.41. The minimum Gasteiger partial charge on any atom is -0.374 e. The summed E-state index contributed by atoms with van der Waals surface area (Å²) in [6.07, 6.45) is 0.562. The first-order chi connectivity index (χ1) is 15.3. The van der Waals surface area contributed by atoms with Crippen LogP contribution in [0, 0.1) is 0 Å². The van der Waals surface area contributed by atoms with Crippen LogP contribution in [0.2, 0.25) is 0 Å². The van der Waals surface area contributed by atoms with Gasteiger partial charge in [0.2, 0.25) is 0 Å². The minimum absolute atomic E-state index is 0.0343. The van der Waals surface area contributed by atoms with Crippen LogP contribution in [0.3, 0.4) is 0 Å². The zero-order valence-electron chi connectivity index (χ0n) is 17.2. The summed E-state index contributed by atoms with van der Waals surface area (Å²) >= 11 is 1.70. The normalized spacial score (nSPS) is 21.0. The Bertz CT molecular complexity index is 1070. The minimum atomic E-state index is -0.121. The lowest BCUT2D eigenvalue weighted by Gasteiger charge is -2.19. The van der Waals surface area contributed by atoms with Crippen LogP contribution in [0.4, 0.5) is 0 Å². The van der Waals surface area contributed by atoms with E-state index in [1.54, 1.807) is 11.3 Å². The van der Waals surface area contributed by atoms with Crippen molar-refractivity contribution in [2.75, 3.05) is 6.61 Å². The molecule has 158 valence electrons. The predicted molar refractivity (Wildman–Crippen MR) is 123 cm³/mol. The fourth-order valence-corrected chi connectivity index (χ4v) is 4.89. The maximum absolute atomic E-state index is 6.41. The lowest BCUT2D eigenvalue weighted by atomic mass is 10.1. The Hall–Kier alpha value is -2.57. The van der Waals surface area contributed by atoms with Crippen molar-refractivity contribution in [1.29, 1.82) is 0 Å². The molecule has 4 aromatic rings. The van der Waals surface area contributed by atoms with E-state index in [-0.39, 0.29) is 18.3 Å². The predicted octanol–water partition coefficient (Wildman–Crippen LogP) is 5.93. The van der Waals surface area contributed by atoms with E-state index in [1.807, 2.05) is 54.6 Å². The molecule has 1 saturated heterocycles. The monoisotopic (exact) mass is 431 g/mol. The van der Waals surface area contributed by atoms with Crippen LogP contribution in [-0.2, 0) is 27.4 Å². The highest BCUT2D eigenvalue weighted by atomic mass is 32.1. The van der Waals surface area contributed by atoms with Gasteiger partial charge in [0.25, 0.3) is 0 Å². The van der Waals surface area contributed by atoms with Crippen LogP contribution in [0.25, 0.3) is 10.2 Å². The van der Waals surface area contributed by atoms with Gasteiger partial charge in [0.1, 0.15) is 17.2 Å². The number of benzene rings is 3. The van der Waals surface area contributed by atoms with Gasteiger partial charge in [-0.15, -0.1) is 11.3 Å². The summed E-state index contributed by atoms with van der Waals surface area (Å²) in [6, 6.07) is 28.7. The van der Waals surface area contributed by atoms with Gasteiger partial charge in [-0.3, -0.25) is 0 Å². The number of ether oxygens (including phenoxy) is 3. The molecule has 1 aliphatic heterocycles. The Morgan fingerprint density at radius 2 is 1.52 bits per heavy atom. The number of hydrogen-bond donors (Lipinski definition) is 0. The number of fused-ring (bicyclic) bond motifs is 1. The van der Waals surface area contributed by atoms with Gasteiger partial charge in [0.05, 0.1) is 36.1 Å². The van der Waals surface area contributed by atoms with Gasteiger partial charge in [-0.25, -0.2) is 4.98 Å². The molecule has 3 atom stereocenters. The van der Waals surface area contributed by atoms with Crippen molar-refractivity contribution in [3.63, 3.8) is 0 Å². The average molecular weight is 432 g/mol. The molecule has 0 unspecified atom stereocenters. The summed E-state index contributed by atoms with van der Waals surface area (Å²) in [5.74, 6) is 0. The van der Waals surface area contributed by atoms with Crippen LogP contribution in [0.1, 0.15) is 28.7 Å². The lowest BCUT2D eigenvalue weighted by molar-refractivity contribution is -0.0715. The van der Waals surface area contributed by atoms with E-state index in [1.165, 1.54) is 4.70 Å². The third kappa shape index (κ3) is 5.02. The molecule has 4 nitrogen and oxygen atoms in total. The van der Waals surface area contributed by atoms with Crippen molar-refractivity contribution in [1.82, 2.24) is 4.98 Å². The zero-order valence-corrected chi connectivity index (χ0v) is 18.0. The maximum Gasteiger partial charge on any atom is 0.123 e. The molecular formula is C26H25NO3S. The van der Waals surface area contributed by atoms with Gasteiger partial charge in [0.15, 0.2) is 0 Å². The van der Waals surface area contributed by atoms with Crippen LogP contribution in [-0.4, -0.2) is 23.8 Å². The molecule has 0 N–H and O–H groups in total. The zero-order chi connectivity index (χ0) is 20.9. The van der Waals surface area contributed by atoms with Gasteiger partial charge in [0, 0.05) is 6.42 Å². The summed E-state index contributed by atoms with van der Waals surface area (Å²) in [4.78, 5) is 4.81. The second-order valence-electron chi connectivity index (χ2n) is 7.75. The average Bonchev–Trinajstić information content (AvgIpc) is 3.43. The number of aromatic nitrogens is 1. The van der Waals surface area contributed by atoms with E-state index < -0.39 is 0 Å². The van der Waals surface area contributed by atoms with Crippen molar-refractivity contribution >= 4 is 21.6 Å². The van der Waals surface area contributed by atoms with Crippen LogP contribution in [0.15, 0.2) is 84.9 Å². The summed E-state index contributed by atoms with van der Waals surface area (Å²) in [5, 5.41) is 1.01. The molecule has 1 aromatic heterocycles. The highest BCUT2D eigenvalue weighted by molar-refractivity contribution is 7.18. The van der Waals surface area contributed by atoms with Gasteiger partial charge >= 0.3 is 0 Å². The van der Waals surface area contributed by atoms with E-state index >= 15 is 0 Å². The number of rotatable bonds is 8. The Balaban J connectivity index is 1.27. The highest BCUT2D eigenvalue weighted by Crippen LogP contribution is 2.38. The van der Waals surface area contributed by atoms with Crippen molar-refractivity contribution < 1.29 is 14.2 Å². The number of nitrogens with zero attached hydrogens (tertiary/aromatic N) is 1. The summed E-state index contributed by atoms with van der Waals surface area (Å²) in [7, 11) is 0. The molecule has 0 aliphatic carbocycles. The fraction of sp³-hybridized carbons (Fsp3) is 0.269. The first-order valence-electron chi connectivity index (χ1n) is 10.6. The molecule has 0 bridgehead atoms. The van der Waals surface area contributed by atoms with E-state index in [9.17, 15) is 0 Å². The number of para-hydroxylation sites is 1. The Morgan fingerprint density at radius 3 is 2.26 bits per heavy atom. The molecule has 3 aromatic carbocycles. The highest BCUT2D eigenvalue weighted by Gasteiger charge is 2.38. The Kier molecular flexibility index (Phi) is 6.37. The quantitative estimate of drug-likeness (QED) is 0.347. The smallest absolute Gasteiger partial charge is 0.123 e. The molecule has 0 spiro atoms. The third-order valence-corrected chi connectivity index (χ3v) is 6.62. The van der Waals surface area contributed by atoms with Crippen molar-refractivity contribution in [2.24, 2.45) is 0 Å². The largest absolute Gasteiger partial charge is 0.374 e. The van der Waals surface area contributed by atoms with Crippen molar-refractivity contribution in [2.45, 2.75) is 37.9 Å². The van der Waals surface area contributed by atoms with Crippen LogP contribution in [0.5, 0.6) is 0 Å². The second-order valence-corrected chi connectivity index (χ2v) is 8.82. The number of thiazole rings is 1.